The third-order valence-corrected chi connectivity index (χ3v) is 5.97. The fourth-order valence-corrected chi connectivity index (χ4v) is 4.02. The molecule has 0 aliphatic carbocycles. The lowest BCUT2D eigenvalue weighted by Gasteiger charge is -2.15. The monoisotopic (exact) mass is 501 g/mol. The van der Waals surface area contributed by atoms with Crippen LogP contribution < -0.4 is 15.0 Å². The highest BCUT2D eigenvalue weighted by atomic mass is 16.6. The van der Waals surface area contributed by atoms with Crippen LogP contribution in [0.4, 0.5) is 4.79 Å². The number of carbonyl (C=O) groups excluding carboxylic acids is 1. The van der Waals surface area contributed by atoms with E-state index in [9.17, 15) is 4.79 Å². The highest BCUT2D eigenvalue weighted by Crippen LogP contribution is 2.22. The maximum Gasteiger partial charge on any atom is 0.606 e. The summed E-state index contributed by atoms with van der Waals surface area (Å²) in [5, 5.41) is 0. The molecule has 192 valence electrons. The molecule has 2 N–H and O–H groups in total. The van der Waals surface area contributed by atoms with Crippen molar-refractivity contribution in [2.24, 2.45) is 5.73 Å². The van der Waals surface area contributed by atoms with Crippen LogP contribution in [0.1, 0.15) is 29.5 Å². The average molecular weight is 502 g/mol. The van der Waals surface area contributed by atoms with Crippen molar-refractivity contribution in [3.05, 3.63) is 108 Å². The number of carbonyl (C=O) groups is 1. The zero-order valence-corrected chi connectivity index (χ0v) is 21.3. The number of aryl methyl sites for hydroxylation is 1. The van der Waals surface area contributed by atoms with E-state index in [4.69, 9.17) is 24.4 Å². The molecule has 7 heteroatoms. The summed E-state index contributed by atoms with van der Waals surface area (Å²) in [5.41, 5.74) is 9.16. The SMILES string of the molecule is CCO[C@H](CN)Cc1ccc(OCc2c(C)oc(-c3ccccc3)[n+]2C(=O)OCc2ccccc2)cc1. The second-order valence-electron chi connectivity index (χ2n) is 8.60. The van der Waals surface area contributed by atoms with Crippen LogP contribution in [0.3, 0.4) is 0 Å². The van der Waals surface area contributed by atoms with Gasteiger partial charge in [-0.25, -0.2) is 0 Å². The summed E-state index contributed by atoms with van der Waals surface area (Å²) in [6, 6.07) is 26.8. The first-order valence-electron chi connectivity index (χ1n) is 12.4. The molecule has 1 aromatic heterocycles. The lowest BCUT2D eigenvalue weighted by Crippen LogP contribution is -2.47. The molecule has 37 heavy (non-hydrogen) atoms. The van der Waals surface area contributed by atoms with Gasteiger partial charge in [-0.1, -0.05) is 60.7 Å². The number of aromatic nitrogens is 1. The van der Waals surface area contributed by atoms with Gasteiger partial charge in [0.15, 0.2) is 12.4 Å². The van der Waals surface area contributed by atoms with Crippen molar-refractivity contribution in [2.75, 3.05) is 13.2 Å². The molecule has 1 atom stereocenters. The third kappa shape index (κ3) is 6.84. The van der Waals surface area contributed by atoms with Crippen LogP contribution in [0.2, 0.25) is 0 Å². The minimum Gasteiger partial charge on any atom is -0.482 e. The Labute approximate surface area is 217 Å². The molecule has 0 bridgehead atoms. The smallest absolute Gasteiger partial charge is 0.482 e. The zero-order valence-electron chi connectivity index (χ0n) is 21.3. The molecule has 7 nitrogen and oxygen atoms in total. The van der Waals surface area contributed by atoms with Crippen molar-refractivity contribution in [1.82, 2.24) is 0 Å². The molecule has 0 radical (unpaired) electrons. The van der Waals surface area contributed by atoms with Crippen molar-refractivity contribution in [3.63, 3.8) is 0 Å². The summed E-state index contributed by atoms with van der Waals surface area (Å²) in [6.45, 7) is 5.16. The third-order valence-electron chi connectivity index (χ3n) is 5.97. The van der Waals surface area contributed by atoms with Gasteiger partial charge < -0.3 is 24.4 Å². The Balaban J connectivity index is 1.53. The van der Waals surface area contributed by atoms with Crippen LogP contribution in [0.15, 0.2) is 89.3 Å². The van der Waals surface area contributed by atoms with Gasteiger partial charge in [-0.3, -0.25) is 0 Å². The minimum absolute atomic E-state index is 0.0115. The molecule has 0 aliphatic rings. The Morgan fingerprint density at radius 3 is 2.24 bits per heavy atom. The maximum atomic E-state index is 13.3. The van der Waals surface area contributed by atoms with Crippen LogP contribution >= 0.6 is 0 Å². The van der Waals surface area contributed by atoms with Crippen molar-refractivity contribution >= 4 is 6.09 Å². The fourth-order valence-electron chi connectivity index (χ4n) is 4.02. The first-order valence-corrected chi connectivity index (χ1v) is 12.4. The van der Waals surface area contributed by atoms with Crippen molar-refractivity contribution in [3.8, 4) is 17.2 Å². The Kier molecular flexibility index (Phi) is 9.08. The molecule has 0 fully saturated rings. The van der Waals surface area contributed by atoms with E-state index in [-0.39, 0.29) is 19.3 Å². The molecular weight excluding hydrogens is 468 g/mol. The van der Waals surface area contributed by atoms with Gasteiger partial charge in [0.2, 0.25) is 0 Å². The van der Waals surface area contributed by atoms with Gasteiger partial charge in [-0.05, 0) is 53.3 Å². The second-order valence-corrected chi connectivity index (χ2v) is 8.60. The summed E-state index contributed by atoms with van der Waals surface area (Å²) in [5.74, 6) is 1.65. The summed E-state index contributed by atoms with van der Waals surface area (Å²) in [7, 11) is 0. The van der Waals surface area contributed by atoms with Crippen molar-refractivity contribution < 1.29 is 28.0 Å². The first-order chi connectivity index (χ1) is 18.1. The van der Waals surface area contributed by atoms with E-state index >= 15 is 0 Å². The number of rotatable bonds is 11. The fraction of sp³-hybridized carbons (Fsp3) is 0.267. The lowest BCUT2D eigenvalue weighted by atomic mass is 10.1. The van der Waals surface area contributed by atoms with E-state index in [2.05, 4.69) is 0 Å². The number of hydrogen-bond donors (Lipinski definition) is 1. The van der Waals surface area contributed by atoms with Gasteiger partial charge in [0, 0.05) is 20.1 Å². The molecule has 0 aliphatic heterocycles. The number of hydrogen-bond acceptors (Lipinski definition) is 6. The highest BCUT2D eigenvalue weighted by Gasteiger charge is 2.36. The molecule has 0 amide bonds. The standard InChI is InChI=1S/C30H33N2O5/c1-3-34-27(19-31)18-23-14-16-26(17-15-23)35-21-28-22(2)37-29(25-12-8-5-9-13-25)32(28)30(33)36-20-24-10-6-4-7-11-24/h4-17,27H,3,18-21,31H2,1-2H3/q+1/t27-/m0/s1. The highest BCUT2D eigenvalue weighted by molar-refractivity contribution is 5.62. The number of nitrogens with two attached hydrogens (primary N) is 1. The van der Waals surface area contributed by atoms with Crippen LogP contribution in [-0.2, 0) is 29.1 Å². The molecule has 0 unspecified atom stereocenters. The van der Waals surface area contributed by atoms with E-state index in [1.165, 1.54) is 4.57 Å². The Bertz CT molecular complexity index is 1270. The first kappa shape index (κ1) is 26.1. The van der Waals surface area contributed by atoms with Crippen LogP contribution in [0.5, 0.6) is 5.75 Å². The Morgan fingerprint density at radius 2 is 1.59 bits per heavy atom. The van der Waals surface area contributed by atoms with E-state index in [1.807, 2.05) is 98.8 Å². The molecule has 1 heterocycles. The summed E-state index contributed by atoms with van der Waals surface area (Å²) < 4.78 is 24.9. The molecular formula is C30H33N2O5+. The van der Waals surface area contributed by atoms with Gasteiger partial charge in [0.1, 0.15) is 12.4 Å². The normalized spacial score (nSPS) is 11.8. The van der Waals surface area contributed by atoms with Crippen LogP contribution in [0.25, 0.3) is 11.5 Å². The number of benzene rings is 3. The molecule has 4 rings (SSSR count). The van der Waals surface area contributed by atoms with E-state index in [1.54, 1.807) is 0 Å². The number of nitrogens with zero attached hydrogens (tertiary/aromatic N) is 1. The van der Waals surface area contributed by atoms with Gasteiger partial charge >= 0.3 is 12.0 Å². The average Bonchev–Trinajstić information content (AvgIpc) is 3.28. The van der Waals surface area contributed by atoms with Crippen LogP contribution in [-0.4, -0.2) is 25.3 Å². The Hall–Kier alpha value is -3.94. The van der Waals surface area contributed by atoms with E-state index in [0.29, 0.717) is 36.2 Å². The lowest BCUT2D eigenvalue weighted by molar-refractivity contribution is -0.587. The quantitative estimate of drug-likeness (QED) is 0.284. The zero-order chi connectivity index (χ0) is 26.0. The summed E-state index contributed by atoms with van der Waals surface area (Å²) in [4.78, 5) is 13.3. The molecule has 0 spiro atoms. The Morgan fingerprint density at radius 1 is 0.919 bits per heavy atom. The predicted molar refractivity (Wildman–Crippen MR) is 140 cm³/mol. The molecule has 0 saturated carbocycles. The van der Waals surface area contributed by atoms with E-state index in [0.717, 1.165) is 23.1 Å². The molecule has 4 aromatic rings. The summed E-state index contributed by atoms with van der Waals surface area (Å²) in [6.07, 6.45) is 0.193. The van der Waals surface area contributed by atoms with Gasteiger partial charge in [-0.2, -0.15) is 4.79 Å². The largest absolute Gasteiger partial charge is 0.606 e. The predicted octanol–water partition coefficient (Wildman–Crippen LogP) is 5.21. The van der Waals surface area contributed by atoms with Gasteiger partial charge in [-0.15, -0.1) is 0 Å². The summed E-state index contributed by atoms with van der Waals surface area (Å²) >= 11 is 0. The topological polar surface area (TPSA) is 87.8 Å². The van der Waals surface area contributed by atoms with Crippen molar-refractivity contribution in [1.29, 1.82) is 0 Å². The van der Waals surface area contributed by atoms with E-state index < -0.39 is 6.09 Å². The molecule has 3 aromatic carbocycles. The number of ether oxygens (including phenoxy) is 3. The van der Waals surface area contributed by atoms with Gasteiger partial charge in [0.05, 0.1) is 11.7 Å². The van der Waals surface area contributed by atoms with Gasteiger partial charge in [0.25, 0.3) is 5.69 Å². The molecule has 0 saturated heterocycles. The van der Waals surface area contributed by atoms with Crippen molar-refractivity contribution in [2.45, 2.75) is 39.6 Å². The van der Waals surface area contributed by atoms with Crippen LogP contribution in [0, 0.1) is 6.92 Å². The minimum atomic E-state index is -0.530. The maximum absolute atomic E-state index is 13.3. The number of oxazole rings is 1. The second kappa shape index (κ2) is 12.9.